The van der Waals surface area contributed by atoms with E-state index < -0.39 is 0 Å². The quantitative estimate of drug-likeness (QED) is 0.577. The molecule has 29 heavy (non-hydrogen) atoms. The molecule has 2 N–H and O–H groups in total. The number of carbonyl (C=O) groups is 2. The number of anilines is 2. The Hall–Kier alpha value is -2.35. The fourth-order valence-corrected chi connectivity index (χ4v) is 5.05. The molecule has 6 nitrogen and oxygen atoms in total. The molecule has 0 bridgehead atoms. The summed E-state index contributed by atoms with van der Waals surface area (Å²) in [5, 5.41) is 11.2. The van der Waals surface area contributed by atoms with Gasteiger partial charge in [0.05, 0.1) is 16.3 Å². The zero-order valence-corrected chi connectivity index (χ0v) is 17.9. The van der Waals surface area contributed by atoms with Crippen molar-refractivity contribution in [2.45, 2.75) is 25.7 Å². The summed E-state index contributed by atoms with van der Waals surface area (Å²) in [6.45, 7) is 0. The van der Waals surface area contributed by atoms with Crippen molar-refractivity contribution in [1.82, 2.24) is 9.78 Å². The maximum atomic E-state index is 13.2. The Kier molecular flexibility index (Phi) is 5.63. The summed E-state index contributed by atoms with van der Waals surface area (Å²) in [6.07, 6.45) is 5.35. The average Bonchev–Trinajstić information content (AvgIpc) is 3.27. The highest BCUT2D eigenvalue weighted by Gasteiger charge is 2.27. The largest absolute Gasteiger partial charge is 0.320 e. The highest BCUT2D eigenvalue weighted by Crippen LogP contribution is 2.39. The van der Waals surface area contributed by atoms with Crippen LogP contribution in [-0.2, 0) is 19.9 Å². The second-order valence-electron chi connectivity index (χ2n) is 6.79. The monoisotopic (exact) mass is 448 g/mol. The molecule has 1 aliphatic rings. The lowest BCUT2D eigenvalue weighted by molar-refractivity contribution is 0.101. The van der Waals surface area contributed by atoms with Gasteiger partial charge in [0.1, 0.15) is 10.7 Å². The van der Waals surface area contributed by atoms with Gasteiger partial charge in [-0.15, -0.1) is 11.3 Å². The van der Waals surface area contributed by atoms with Crippen LogP contribution in [0.3, 0.4) is 0 Å². The Morgan fingerprint density at radius 2 is 1.90 bits per heavy atom. The molecule has 1 aliphatic carbocycles. The fourth-order valence-electron chi connectivity index (χ4n) is 3.44. The van der Waals surface area contributed by atoms with Crippen LogP contribution in [0, 0.1) is 0 Å². The highest BCUT2D eigenvalue weighted by molar-refractivity contribution is 7.17. The van der Waals surface area contributed by atoms with E-state index in [2.05, 4.69) is 15.7 Å². The van der Waals surface area contributed by atoms with E-state index in [-0.39, 0.29) is 11.8 Å². The number of hydrogen-bond acceptors (Lipinski definition) is 4. The van der Waals surface area contributed by atoms with E-state index in [1.54, 1.807) is 37.5 Å². The van der Waals surface area contributed by atoms with Crippen LogP contribution >= 0.6 is 34.5 Å². The van der Waals surface area contributed by atoms with Crippen LogP contribution in [0.15, 0.2) is 30.5 Å². The van der Waals surface area contributed by atoms with Crippen LogP contribution in [0.5, 0.6) is 0 Å². The van der Waals surface area contributed by atoms with Crippen LogP contribution in [0.25, 0.3) is 0 Å². The molecular formula is C20H18Cl2N4O2S. The van der Waals surface area contributed by atoms with Crippen molar-refractivity contribution in [2.24, 2.45) is 7.05 Å². The van der Waals surface area contributed by atoms with E-state index in [1.165, 1.54) is 16.0 Å². The summed E-state index contributed by atoms with van der Waals surface area (Å²) in [5.74, 6) is -0.618. The molecule has 4 rings (SSSR count). The second-order valence-corrected chi connectivity index (χ2v) is 8.74. The number of nitrogens with one attached hydrogen (secondary N) is 2. The fraction of sp³-hybridized carbons (Fsp3) is 0.250. The van der Waals surface area contributed by atoms with Crippen molar-refractivity contribution in [3.05, 3.63) is 62.2 Å². The number of hydrogen-bond donors (Lipinski definition) is 2. The minimum absolute atomic E-state index is 0.307. The number of aromatic nitrogens is 2. The number of rotatable bonds is 4. The summed E-state index contributed by atoms with van der Waals surface area (Å²) in [5.41, 5.74) is 2.35. The molecule has 1 aromatic carbocycles. The zero-order valence-electron chi connectivity index (χ0n) is 15.6. The van der Waals surface area contributed by atoms with E-state index in [9.17, 15) is 9.59 Å². The Balaban J connectivity index is 1.68. The Morgan fingerprint density at radius 1 is 1.10 bits per heavy atom. The number of fused-ring (bicyclic) bond motifs is 1. The van der Waals surface area contributed by atoms with Crippen LogP contribution in [-0.4, -0.2) is 21.6 Å². The van der Waals surface area contributed by atoms with Gasteiger partial charge in [0.15, 0.2) is 0 Å². The third-order valence-electron chi connectivity index (χ3n) is 4.86. The molecular weight excluding hydrogens is 431 g/mol. The van der Waals surface area contributed by atoms with Crippen molar-refractivity contribution in [3.63, 3.8) is 0 Å². The van der Waals surface area contributed by atoms with Crippen molar-refractivity contribution in [2.75, 3.05) is 10.6 Å². The third-order valence-corrected chi connectivity index (χ3v) is 6.63. The molecule has 2 heterocycles. The Labute approximate surface area is 181 Å². The third kappa shape index (κ3) is 4.03. The van der Waals surface area contributed by atoms with Gasteiger partial charge in [-0.05, 0) is 55.5 Å². The molecule has 3 aromatic rings. The van der Waals surface area contributed by atoms with Crippen LogP contribution in [0.2, 0.25) is 10.0 Å². The average molecular weight is 449 g/mol. The molecule has 2 aromatic heterocycles. The smallest absolute Gasteiger partial charge is 0.274 e. The van der Waals surface area contributed by atoms with Crippen molar-refractivity contribution < 1.29 is 9.59 Å². The molecule has 0 unspecified atom stereocenters. The Bertz CT molecular complexity index is 1110. The van der Waals surface area contributed by atoms with E-state index in [0.29, 0.717) is 32.0 Å². The predicted molar refractivity (Wildman–Crippen MR) is 117 cm³/mol. The minimum Gasteiger partial charge on any atom is -0.320 e. The molecule has 0 spiro atoms. The normalized spacial score (nSPS) is 13.1. The van der Waals surface area contributed by atoms with E-state index in [1.807, 2.05) is 0 Å². The van der Waals surface area contributed by atoms with Gasteiger partial charge in [-0.1, -0.05) is 23.2 Å². The molecule has 0 aliphatic heterocycles. The zero-order chi connectivity index (χ0) is 20.5. The molecule has 2 amide bonds. The van der Waals surface area contributed by atoms with E-state index in [0.717, 1.165) is 36.1 Å². The molecule has 150 valence electrons. The first-order valence-corrected chi connectivity index (χ1v) is 10.7. The summed E-state index contributed by atoms with van der Waals surface area (Å²) in [6, 6.07) is 6.53. The molecule has 0 saturated heterocycles. The maximum absolute atomic E-state index is 13.2. The number of aryl methyl sites for hydroxylation is 2. The van der Waals surface area contributed by atoms with Gasteiger partial charge in [0.25, 0.3) is 11.8 Å². The molecule has 9 heteroatoms. The SMILES string of the molecule is Cn1nccc1C(=O)Nc1sc2c(c1C(=O)Nc1cc(Cl)ccc1Cl)CCCC2. The number of benzene rings is 1. The molecule has 0 radical (unpaired) electrons. The van der Waals surface area contributed by atoms with Crippen LogP contribution in [0.4, 0.5) is 10.7 Å². The van der Waals surface area contributed by atoms with Crippen molar-refractivity contribution in [1.29, 1.82) is 0 Å². The van der Waals surface area contributed by atoms with Gasteiger partial charge in [-0.3, -0.25) is 14.3 Å². The standard InChI is InChI=1S/C20H18Cl2N4O2S/c1-26-15(8-9-23-26)18(27)25-20-17(12-4-2-3-5-16(12)29-20)19(28)24-14-10-11(21)6-7-13(14)22/h6-10H,2-5H2,1H3,(H,24,28)(H,25,27). The van der Waals surface area contributed by atoms with Gasteiger partial charge < -0.3 is 10.6 Å². The summed E-state index contributed by atoms with van der Waals surface area (Å²) >= 11 is 13.7. The summed E-state index contributed by atoms with van der Waals surface area (Å²) in [4.78, 5) is 27.0. The topological polar surface area (TPSA) is 76.0 Å². The lowest BCUT2D eigenvalue weighted by atomic mass is 9.95. The van der Waals surface area contributed by atoms with Crippen LogP contribution in [0.1, 0.15) is 44.1 Å². The molecule has 0 atom stereocenters. The van der Waals surface area contributed by atoms with Gasteiger partial charge >= 0.3 is 0 Å². The number of amides is 2. The van der Waals surface area contributed by atoms with Gasteiger partial charge in [0.2, 0.25) is 0 Å². The maximum Gasteiger partial charge on any atom is 0.274 e. The highest BCUT2D eigenvalue weighted by atomic mass is 35.5. The lowest BCUT2D eigenvalue weighted by Gasteiger charge is -2.14. The van der Waals surface area contributed by atoms with Crippen molar-refractivity contribution in [3.8, 4) is 0 Å². The van der Waals surface area contributed by atoms with Crippen LogP contribution < -0.4 is 10.6 Å². The van der Waals surface area contributed by atoms with E-state index >= 15 is 0 Å². The molecule has 0 fully saturated rings. The summed E-state index contributed by atoms with van der Waals surface area (Å²) in [7, 11) is 1.70. The first-order valence-electron chi connectivity index (χ1n) is 9.14. The lowest BCUT2D eigenvalue weighted by Crippen LogP contribution is -2.20. The first-order chi connectivity index (χ1) is 13.9. The van der Waals surface area contributed by atoms with Gasteiger partial charge in [-0.25, -0.2) is 0 Å². The molecule has 0 saturated carbocycles. The first kappa shape index (κ1) is 19.9. The van der Waals surface area contributed by atoms with E-state index in [4.69, 9.17) is 23.2 Å². The number of thiophene rings is 1. The second kappa shape index (κ2) is 8.18. The number of carbonyl (C=O) groups excluding carboxylic acids is 2. The van der Waals surface area contributed by atoms with Crippen molar-refractivity contribution >= 4 is 57.0 Å². The summed E-state index contributed by atoms with van der Waals surface area (Å²) < 4.78 is 1.49. The number of halogens is 2. The van der Waals surface area contributed by atoms with Gasteiger partial charge in [-0.2, -0.15) is 5.10 Å². The predicted octanol–water partition coefficient (Wildman–Crippen LogP) is 5.17. The minimum atomic E-state index is -0.311. The van der Waals surface area contributed by atoms with Gasteiger partial charge in [0, 0.05) is 23.1 Å². The Morgan fingerprint density at radius 3 is 2.66 bits per heavy atom. The number of nitrogens with zero attached hydrogens (tertiary/aromatic N) is 2.